The molecule has 1 fully saturated rings. The maximum absolute atomic E-state index is 4.10. The molecule has 0 unspecified atom stereocenters. The van der Waals surface area contributed by atoms with E-state index in [4.69, 9.17) is 0 Å². The van der Waals surface area contributed by atoms with Crippen LogP contribution < -0.4 is 0 Å². The van der Waals surface area contributed by atoms with E-state index >= 15 is 0 Å². The van der Waals surface area contributed by atoms with E-state index in [2.05, 4.69) is 17.1 Å². The van der Waals surface area contributed by atoms with Gasteiger partial charge in [0.05, 0.1) is 0 Å². The largest absolute Gasteiger partial charge is 0.312 e. The molecule has 1 heterocycles. The van der Waals surface area contributed by atoms with Crippen molar-refractivity contribution in [3.8, 4) is 0 Å². The maximum atomic E-state index is 4.10. The summed E-state index contributed by atoms with van der Waals surface area (Å²) in [6.45, 7) is 2.37. The van der Waals surface area contributed by atoms with Crippen LogP contribution in [-0.2, 0) is 7.05 Å². The molecular weight excluding hydrogens is 206 g/mol. The number of rotatable bonds is 3. The van der Waals surface area contributed by atoms with Crippen LogP contribution in [0.4, 0.5) is 0 Å². The molecule has 1 aromatic rings. The molecule has 0 N–H and O–H groups in total. The molecule has 0 aliphatic heterocycles. The lowest BCUT2D eigenvalue weighted by Gasteiger charge is -2.26. The van der Waals surface area contributed by atoms with Gasteiger partial charge in [-0.15, -0.1) is 10.2 Å². The molecule has 0 aromatic carbocycles. The lowest BCUT2D eigenvalue weighted by Crippen LogP contribution is -2.15. The second-order valence-electron chi connectivity index (χ2n) is 4.67. The van der Waals surface area contributed by atoms with Crippen LogP contribution in [0.2, 0.25) is 0 Å². The molecule has 3 nitrogen and oxygen atoms in total. The maximum Gasteiger partial charge on any atom is 0.190 e. The number of hydrogen-bond acceptors (Lipinski definition) is 3. The third-order valence-corrected chi connectivity index (χ3v) is 4.43. The van der Waals surface area contributed by atoms with Gasteiger partial charge in [0, 0.05) is 12.8 Å². The first-order chi connectivity index (χ1) is 7.25. The quantitative estimate of drug-likeness (QED) is 0.741. The highest BCUT2D eigenvalue weighted by atomic mass is 32.2. The highest BCUT2D eigenvalue weighted by molar-refractivity contribution is 7.99. The first kappa shape index (κ1) is 11.0. The van der Waals surface area contributed by atoms with Crippen LogP contribution in [0.1, 0.15) is 32.6 Å². The summed E-state index contributed by atoms with van der Waals surface area (Å²) >= 11 is 1.85. The fourth-order valence-corrected chi connectivity index (χ4v) is 3.35. The van der Waals surface area contributed by atoms with Crippen molar-refractivity contribution in [3.63, 3.8) is 0 Å². The zero-order chi connectivity index (χ0) is 10.7. The summed E-state index contributed by atoms with van der Waals surface area (Å²) in [6.07, 6.45) is 7.39. The summed E-state index contributed by atoms with van der Waals surface area (Å²) in [5, 5.41) is 9.04. The van der Waals surface area contributed by atoms with Crippen LogP contribution in [0.5, 0.6) is 0 Å². The number of thioether (sulfide) groups is 1. The van der Waals surface area contributed by atoms with Gasteiger partial charge in [0.2, 0.25) is 0 Å². The van der Waals surface area contributed by atoms with E-state index in [0.29, 0.717) is 0 Å². The van der Waals surface area contributed by atoms with Crippen molar-refractivity contribution in [2.24, 2.45) is 18.9 Å². The molecular formula is C11H19N3S. The monoisotopic (exact) mass is 225 g/mol. The van der Waals surface area contributed by atoms with E-state index in [1.54, 1.807) is 6.33 Å². The molecule has 4 heteroatoms. The molecule has 0 amide bonds. The first-order valence-corrected chi connectivity index (χ1v) is 6.71. The Morgan fingerprint density at radius 3 is 3.07 bits per heavy atom. The van der Waals surface area contributed by atoms with Crippen molar-refractivity contribution in [3.05, 3.63) is 6.33 Å². The fraction of sp³-hybridized carbons (Fsp3) is 0.818. The minimum absolute atomic E-state index is 0.885. The predicted octanol–water partition coefficient (Wildman–Crippen LogP) is 2.73. The number of hydrogen-bond donors (Lipinski definition) is 0. The van der Waals surface area contributed by atoms with E-state index in [9.17, 15) is 0 Å². The van der Waals surface area contributed by atoms with E-state index in [0.717, 1.165) is 17.0 Å². The van der Waals surface area contributed by atoms with Gasteiger partial charge in [-0.25, -0.2) is 0 Å². The predicted molar refractivity (Wildman–Crippen MR) is 62.8 cm³/mol. The molecule has 0 radical (unpaired) electrons. The minimum atomic E-state index is 0.885. The molecule has 2 atom stereocenters. The molecule has 1 aliphatic rings. The van der Waals surface area contributed by atoms with Gasteiger partial charge < -0.3 is 4.57 Å². The van der Waals surface area contributed by atoms with Gasteiger partial charge in [-0.05, 0) is 24.7 Å². The highest BCUT2D eigenvalue weighted by Crippen LogP contribution is 2.32. The Bertz CT molecular complexity index is 311. The summed E-state index contributed by atoms with van der Waals surface area (Å²) in [6, 6.07) is 0. The SMILES string of the molecule is C[C@H]1CCC[C@H](CSc2nncn2C)C1. The van der Waals surface area contributed by atoms with Crippen molar-refractivity contribution in [1.82, 2.24) is 14.8 Å². The van der Waals surface area contributed by atoms with Gasteiger partial charge in [0.1, 0.15) is 6.33 Å². The van der Waals surface area contributed by atoms with Crippen LogP contribution in [0.25, 0.3) is 0 Å². The van der Waals surface area contributed by atoms with Gasteiger partial charge in [-0.3, -0.25) is 0 Å². The Balaban J connectivity index is 1.80. The first-order valence-electron chi connectivity index (χ1n) is 5.72. The van der Waals surface area contributed by atoms with E-state index in [1.807, 2.05) is 23.4 Å². The van der Waals surface area contributed by atoms with Crippen molar-refractivity contribution in [1.29, 1.82) is 0 Å². The number of nitrogens with zero attached hydrogens (tertiary/aromatic N) is 3. The Kier molecular flexibility index (Phi) is 3.67. The Morgan fingerprint density at radius 1 is 1.53 bits per heavy atom. The van der Waals surface area contributed by atoms with Crippen molar-refractivity contribution in [2.45, 2.75) is 37.8 Å². The summed E-state index contributed by atoms with van der Waals surface area (Å²) < 4.78 is 2.00. The van der Waals surface area contributed by atoms with Crippen LogP contribution in [0.15, 0.2) is 11.5 Å². The zero-order valence-electron chi connectivity index (χ0n) is 9.52. The van der Waals surface area contributed by atoms with E-state index < -0.39 is 0 Å². The van der Waals surface area contributed by atoms with E-state index in [1.165, 1.54) is 31.4 Å². The Labute approximate surface area is 95.7 Å². The van der Waals surface area contributed by atoms with Crippen molar-refractivity contribution in [2.75, 3.05) is 5.75 Å². The Morgan fingerprint density at radius 2 is 2.40 bits per heavy atom. The smallest absolute Gasteiger partial charge is 0.190 e. The van der Waals surface area contributed by atoms with Gasteiger partial charge in [-0.1, -0.05) is 31.5 Å². The van der Waals surface area contributed by atoms with Gasteiger partial charge in [0.25, 0.3) is 0 Å². The third kappa shape index (κ3) is 2.97. The number of aromatic nitrogens is 3. The average Bonchev–Trinajstić information content (AvgIpc) is 2.61. The van der Waals surface area contributed by atoms with Gasteiger partial charge in [-0.2, -0.15) is 0 Å². The van der Waals surface area contributed by atoms with E-state index in [-0.39, 0.29) is 0 Å². The summed E-state index contributed by atoms with van der Waals surface area (Å²) in [7, 11) is 2.01. The van der Waals surface area contributed by atoms with Crippen molar-refractivity contribution < 1.29 is 0 Å². The standard InChI is InChI=1S/C11H19N3S/c1-9-4-3-5-10(6-9)7-15-11-13-12-8-14(11)2/h8-10H,3-7H2,1-2H3/t9-,10-/m0/s1. The second-order valence-corrected chi connectivity index (χ2v) is 5.66. The van der Waals surface area contributed by atoms with Crippen LogP contribution >= 0.6 is 11.8 Å². The fourth-order valence-electron chi connectivity index (χ4n) is 2.31. The van der Waals surface area contributed by atoms with Gasteiger partial charge in [0.15, 0.2) is 5.16 Å². The molecule has 1 aromatic heterocycles. The molecule has 15 heavy (non-hydrogen) atoms. The average molecular weight is 225 g/mol. The molecule has 0 bridgehead atoms. The highest BCUT2D eigenvalue weighted by Gasteiger charge is 2.19. The van der Waals surface area contributed by atoms with Crippen LogP contribution in [0.3, 0.4) is 0 Å². The molecule has 0 spiro atoms. The van der Waals surface area contributed by atoms with Crippen molar-refractivity contribution >= 4 is 11.8 Å². The third-order valence-electron chi connectivity index (χ3n) is 3.16. The van der Waals surface area contributed by atoms with Crippen LogP contribution in [0, 0.1) is 11.8 Å². The molecule has 84 valence electrons. The van der Waals surface area contributed by atoms with Crippen LogP contribution in [-0.4, -0.2) is 20.5 Å². The van der Waals surface area contributed by atoms with Gasteiger partial charge >= 0.3 is 0 Å². The molecule has 1 aliphatic carbocycles. The lowest BCUT2D eigenvalue weighted by atomic mass is 9.83. The molecule has 1 saturated carbocycles. The summed E-state index contributed by atoms with van der Waals surface area (Å²) in [5.41, 5.74) is 0. The summed E-state index contributed by atoms with van der Waals surface area (Å²) in [4.78, 5) is 0. The topological polar surface area (TPSA) is 30.7 Å². The molecule has 2 rings (SSSR count). The lowest BCUT2D eigenvalue weighted by molar-refractivity contribution is 0.305. The zero-order valence-corrected chi connectivity index (χ0v) is 10.3. The number of aryl methyl sites for hydroxylation is 1. The molecule has 0 saturated heterocycles. The summed E-state index contributed by atoms with van der Waals surface area (Å²) in [5.74, 6) is 3.01. The second kappa shape index (κ2) is 5.01. The Hall–Kier alpha value is -0.510. The normalized spacial score (nSPS) is 26.8. The minimum Gasteiger partial charge on any atom is -0.312 e.